The molecule has 24 heavy (non-hydrogen) atoms. The largest absolute Gasteiger partial charge is 0.390 e. The lowest BCUT2D eigenvalue weighted by Crippen LogP contribution is -2.38. The van der Waals surface area contributed by atoms with Crippen molar-refractivity contribution in [1.29, 1.82) is 0 Å². The molecule has 2 heterocycles. The molecule has 1 saturated heterocycles. The first-order chi connectivity index (χ1) is 11.7. The van der Waals surface area contributed by atoms with Crippen molar-refractivity contribution in [3.8, 4) is 0 Å². The fourth-order valence-corrected chi connectivity index (χ4v) is 4.42. The molecule has 1 aliphatic rings. The molecule has 0 unspecified atom stereocenters. The molecule has 1 aliphatic heterocycles. The number of likely N-dealkylation sites (tertiary alicyclic amines) is 1. The van der Waals surface area contributed by atoms with Crippen molar-refractivity contribution in [2.45, 2.75) is 31.9 Å². The maximum atomic E-state index is 10.7. The summed E-state index contributed by atoms with van der Waals surface area (Å²) in [6.45, 7) is 3.68. The van der Waals surface area contributed by atoms with Crippen LogP contribution in [0.3, 0.4) is 0 Å². The number of aromatic nitrogens is 1. The van der Waals surface area contributed by atoms with Crippen LogP contribution in [-0.2, 0) is 6.54 Å². The standard InChI is InChI=1S/C20H23IN2O/c21-15-8-9-20-18(12-15)17-6-2-3-7-19(17)23(20)14-16(24)13-22-10-4-1-5-11-22/h2-3,6-9,12,16,24H,1,4-5,10-11,13-14H2/t16-/m0/s1. The second kappa shape index (κ2) is 7.02. The second-order valence-electron chi connectivity index (χ2n) is 6.80. The summed E-state index contributed by atoms with van der Waals surface area (Å²) in [5.41, 5.74) is 2.43. The van der Waals surface area contributed by atoms with Crippen LogP contribution in [-0.4, -0.2) is 40.3 Å². The Labute approximate surface area is 156 Å². The van der Waals surface area contributed by atoms with Gasteiger partial charge in [-0.3, -0.25) is 0 Å². The van der Waals surface area contributed by atoms with E-state index < -0.39 is 0 Å². The third-order valence-electron chi connectivity index (χ3n) is 5.05. The Hall–Kier alpha value is -1.11. The number of rotatable bonds is 4. The minimum atomic E-state index is -0.332. The van der Waals surface area contributed by atoms with E-state index in [0.29, 0.717) is 6.54 Å². The number of para-hydroxylation sites is 1. The normalized spacial score (nSPS) is 17.6. The molecule has 0 aliphatic carbocycles. The summed E-state index contributed by atoms with van der Waals surface area (Å²) in [5, 5.41) is 13.2. The predicted octanol–water partition coefficient (Wildman–Crippen LogP) is 4.25. The maximum Gasteiger partial charge on any atom is 0.0845 e. The number of aliphatic hydroxyl groups excluding tert-OH is 1. The van der Waals surface area contributed by atoms with Gasteiger partial charge in [0.15, 0.2) is 0 Å². The van der Waals surface area contributed by atoms with Crippen molar-refractivity contribution < 1.29 is 5.11 Å². The van der Waals surface area contributed by atoms with Crippen LogP contribution >= 0.6 is 22.6 Å². The quantitative estimate of drug-likeness (QED) is 0.623. The molecule has 4 heteroatoms. The zero-order valence-electron chi connectivity index (χ0n) is 13.8. The van der Waals surface area contributed by atoms with Gasteiger partial charge < -0.3 is 14.6 Å². The van der Waals surface area contributed by atoms with E-state index in [1.807, 2.05) is 0 Å². The Morgan fingerprint density at radius 2 is 1.67 bits per heavy atom. The minimum absolute atomic E-state index is 0.332. The van der Waals surface area contributed by atoms with Gasteiger partial charge in [0.1, 0.15) is 0 Å². The van der Waals surface area contributed by atoms with Crippen molar-refractivity contribution in [1.82, 2.24) is 9.47 Å². The molecule has 0 spiro atoms. The Kier molecular flexibility index (Phi) is 4.79. The van der Waals surface area contributed by atoms with Gasteiger partial charge in [-0.25, -0.2) is 0 Å². The molecular formula is C20H23IN2O. The Balaban J connectivity index is 1.67. The van der Waals surface area contributed by atoms with Crippen molar-refractivity contribution in [2.24, 2.45) is 0 Å². The maximum absolute atomic E-state index is 10.7. The van der Waals surface area contributed by atoms with E-state index in [0.717, 1.165) is 19.6 Å². The average molecular weight is 434 g/mol. The molecule has 0 amide bonds. The molecule has 0 bridgehead atoms. The van der Waals surface area contributed by atoms with Gasteiger partial charge in [0.05, 0.1) is 12.6 Å². The van der Waals surface area contributed by atoms with Crippen LogP contribution in [0, 0.1) is 3.57 Å². The summed E-state index contributed by atoms with van der Waals surface area (Å²) < 4.78 is 3.53. The zero-order chi connectivity index (χ0) is 16.5. The number of β-amino-alcohol motifs (C(OH)–C–C–N with tert-alkyl or cyclic N) is 1. The van der Waals surface area contributed by atoms with E-state index in [1.54, 1.807) is 0 Å². The monoisotopic (exact) mass is 434 g/mol. The van der Waals surface area contributed by atoms with Crippen LogP contribution in [0.25, 0.3) is 21.8 Å². The van der Waals surface area contributed by atoms with Gasteiger partial charge in [0.25, 0.3) is 0 Å². The molecule has 4 rings (SSSR count). The number of nitrogens with zero attached hydrogens (tertiary/aromatic N) is 2. The Bertz CT molecular complexity index is 851. The van der Waals surface area contributed by atoms with Crippen LogP contribution in [0.15, 0.2) is 42.5 Å². The Morgan fingerprint density at radius 1 is 0.917 bits per heavy atom. The lowest BCUT2D eigenvalue weighted by atomic mass is 10.1. The summed E-state index contributed by atoms with van der Waals surface area (Å²) in [6.07, 6.45) is 3.53. The zero-order valence-corrected chi connectivity index (χ0v) is 15.9. The summed E-state index contributed by atoms with van der Waals surface area (Å²) in [6, 6.07) is 15.1. The first-order valence-electron chi connectivity index (χ1n) is 8.79. The average Bonchev–Trinajstić information content (AvgIpc) is 2.89. The number of fused-ring (bicyclic) bond motifs is 3. The number of hydrogen-bond donors (Lipinski definition) is 1. The third kappa shape index (κ3) is 3.19. The summed E-state index contributed by atoms with van der Waals surface area (Å²) >= 11 is 2.37. The molecule has 1 aromatic heterocycles. The second-order valence-corrected chi connectivity index (χ2v) is 8.05. The predicted molar refractivity (Wildman–Crippen MR) is 108 cm³/mol. The minimum Gasteiger partial charge on any atom is -0.390 e. The number of piperidine rings is 1. The number of hydrogen-bond acceptors (Lipinski definition) is 2. The molecule has 1 atom stereocenters. The summed E-state index contributed by atoms with van der Waals surface area (Å²) in [5.74, 6) is 0. The van der Waals surface area contributed by atoms with E-state index in [-0.39, 0.29) is 6.10 Å². The van der Waals surface area contributed by atoms with E-state index in [2.05, 4.69) is 74.5 Å². The summed E-state index contributed by atoms with van der Waals surface area (Å²) in [7, 11) is 0. The highest BCUT2D eigenvalue weighted by Crippen LogP contribution is 2.30. The number of halogens is 1. The number of benzene rings is 2. The highest BCUT2D eigenvalue weighted by atomic mass is 127. The fourth-order valence-electron chi connectivity index (χ4n) is 3.93. The van der Waals surface area contributed by atoms with Gasteiger partial charge >= 0.3 is 0 Å². The molecule has 0 saturated carbocycles. The van der Waals surface area contributed by atoms with Crippen LogP contribution < -0.4 is 0 Å². The molecule has 2 aromatic carbocycles. The van der Waals surface area contributed by atoms with E-state index in [9.17, 15) is 5.11 Å². The first kappa shape index (κ1) is 16.4. The molecule has 1 N–H and O–H groups in total. The van der Waals surface area contributed by atoms with E-state index in [1.165, 1.54) is 44.6 Å². The molecule has 0 radical (unpaired) electrons. The van der Waals surface area contributed by atoms with E-state index >= 15 is 0 Å². The molecule has 126 valence electrons. The number of aliphatic hydroxyl groups is 1. The van der Waals surface area contributed by atoms with Gasteiger partial charge in [-0.05, 0) is 72.8 Å². The van der Waals surface area contributed by atoms with Gasteiger partial charge in [-0.15, -0.1) is 0 Å². The Morgan fingerprint density at radius 3 is 2.50 bits per heavy atom. The van der Waals surface area contributed by atoms with Crippen molar-refractivity contribution in [3.05, 3.63) is 46.0 Å². The lowest BCUT2D eigenvalue weighted by molar-refractivity contribution is 0.0901. The van der Waals surface area contributed by atoms with E-state index in [4.69, 9.17) is 0 Å². The molecule has 3 aromatic rings. The van der Waals surface area contributed by atoms with Gasteiger partial charge in [0.2, 0.25) is 0 Å². The van der Waals surface area contributed by atoms with Crippen molar-refractivity contribution >= 4 is 44.4 Å². The van der Waals surface area contributed by atoms with Crippen molar-refractivity contribution in [3.63, 3.8) is 0 Å². The van der Waals surface area contributed by atoms with Crippen LogP contribution in [0.4, 0.5) is 0 Å². The smallest absolute Gasteiger partial charge is 0.0845 e. The molecular weight excluding hydrogens is 411 g/mol. The van der Waals surface area contributed by atoms with Crippen LogP contribution in [0.5, 0.6) is 0 Å². The topological polar surface area (TPSA) is 28.4 Å². The molecule has 3 nitrogen and oxygen atoms in total. The van der Waals surface area contributed by atoms with Crippen molar-refractivity contribution in [2.75, 3.05) is 19.6 Å². The lowest BCUT2D eigenvalue weighted by Gasteiger charge is -2.28. The van der Waals surface area contributed by atoms with Gasteiger partial charge in [0, 0.05) is 31.9 Å². The highest BCUT2D eigenvalue weighted by molar-refractivity contribution is 14.1. The first-order valence-corrected chi connectivity index (χ1v) is 9.87. The third-order valence-corrected chi connectivity index (χ3v) is 5.72. The fraction of sp³-hybridized carbons (Fsp3) is 0.400. The van der Waals surface area contributed by atoms with Gasteiger partial charge in [-0.1, -0.05) is 24.6 Å². The molecule has 1 fully saturated rings. The SMILES string of the molecule is O[C@@H](CN1CCCCC1)Cn1c2ccccc2c2cc(I)ccc21. The van der Waals surface area contributed by atoms with Crippen LogP contribution in [0.2, 0.25) is 0 Å². The van der Waals surface area contributed by atoms with Crippen LogP contribution in [0.1, 0.15) is 19.3 Å². The summed E-state index contributed by atoms with van der Waals surface area (Å²) in [4.78, 5) is 2.41. The van der Waals surface area contributed by atoms with Gasteiger partial charge in [-0.2, -0.15) is 0 Å². The highest BCUT2D eigenvalue weighted by Gasteiger charge is 2.17.